The topological polar surface area (TPSA) is 44.9 Å². The summed E-state index contributed by atoms with van der Waals surface area (Å²) in [5, 5.41) is 4.24. The normalized spacial score (nSPS) is 10.8. The van der Waals surface area contributed by atoms with Crippen LogP contribution in [0, 0.1) is 5.82 Å². The van der Waals surface area contributed by atoms with Gasteiger partial charge >= 0.3 is 0 Å². The molecule has 0 saturated carbocycles. The maximum absolute atomic E-state index is 12.8. The molecule has 21 heavy (non-hydrogen) atoms. The van der Waals surface area contributed by atoms with E-state index in [2.05, 4.69) is 10.3 Å². The highest BCUT2D eigenvalue weighted by Crippen LogP contribution is 2.23. The molecule has 0 aliphatic heterocycles. The number of amides is 1. The smallest absolute Gasteiger partial charge is 0.267 e. The molecular formula is C16H12ClFN2O. The molecule has 0 fully saturated rings. The quantitative estimate of drug-likeness (QED) is 0.757. The summed E-state index contributed by atoms with van der Waals surface area (Å²) < 4.78 is 12.8. The second-order valence-electron chi connectivity index (χ2n) is 4.70. The number of carbonyl (C=O) groups is 1. The van der Waals surface area contributed by atoms with Gasteiger partial charge < -0.3 is 10.3 Å². The Bertz CT molecular complexity index is 796. The predicted molar refractivity (Wildman–Crippen MR) is 80.9 cm³/mol. The third kappa shape index (κ3) is 2.90. The van der Waals surface area contributed by atoms with Gasteiger partial charge in [0.05, 0.1) is 10.5 Å². The van der Waals surface area contributed by atoms with Crippen LogP contribution < -0.4 is 5.32 Å². The highest BCUT2D eigenvalue weighted by molar-refractivity contribution is 6.35. The molecule has 3 rings (SSSR count). The van der Waals surface area contributed by atoms with Crippen molar-refractivity contribution in [3.63, 3.8) is 0 Å². The highest BCUT2D eigenvalue weighted by Gasteiger charge is 2.10. The lowest BCUT2D eigenvalue weighted by molar-refractivity contribution is 0.0947. The van der Waals surface area contributed by atoms with Crippen LogP contribution in [0.2, 0.25) is 5.02 Å². The number of benzene rings is 2. The summed E-state index contributed by atoms with van der Waals surface area (Å²) in [5.41, 5.74) is 2.02. The number of para-hydroxylation sites is 1. The van der Waals surface area contributed by atoms with Crippen molar-refractivity contribution < 1.29 is 9.18 Å². The van der Waals surface area contributed by atoms with E-state index in [0.29, 0.717) is 17.3 Å². The van der Waals surface area contributed by atoms with Crippen molar-refractivity contribution in [2.45, 2.75) is 6.54 Å². The monoisotopic (exact) mass is 302 g/mol. The molecule has 0 radical (unpaired) electrons. The van der Waals surface area contributed by atoms with Gasteiger partial charge in [-0.2, -0.15) is 0 Å². The Labute approximate surface area is 125 Å². The van der Waals surface area contributed by atoms with E-state index in [4.69, 9.17) is 11.6 Å². The fourth-order valence-electron chi connectivity index (χ4n) is 2.12. The van der Waals surface area contributed by atoms with Crippen molar-refractivity contribution in [3.05, 3.63) is 70.6 Å². The first-order valence-electron chi connectivity index (χ1n) is 6.43. The van der Waals surface area contributed by atoms with Gasteiger partial charge in [-0.3, -0.25) is 4.79 Å². The van der Waals surface area contributed by atoms with E-state index in [1.165, 1.54) is 12.1 Å². The Morgan fingerprint density at radius 1 is 1.19 bits per heavy atom. The summed E-state index contributed by atoms with van der Waals surface area (Å²) in [6.07, 6.45) is 0. The van der Waals surface area contributed by atoms with Gasteiger partial charge in [-0.05, 0) is 29.8 Å². The van der Waals surface area contributed by atoms with Crippen LogP contribution in [0.3, 0.4) is 0 Å². The van der Waals surface area contributed by atoms with Gasteiger partial charge in [0.2, 0.25) is 0 Å². The Balaban J connectivity index is 1.75. The molecule has 2 aromatic carbocycles. The fourth-order valence-corrected chi connectivity index (χ4v) is 2.35. The third-order valence-corrected chi connectivity index (χ3v) is 3.53. The van der Waals surface area contributed by atoms with E-state index in [9.17, 15) is 9.18 Å². The van der Waals surface area contributed by atoms with Crippen molar-refractivity contribution in [2.24, 2.45) is 0 Å². The molecule has 1 amide bonds. The zero-order chi connectivity index (χ0) is 14.8. The molecule has 5 heteroatoms. The van der Waals surface area contributed by atoms with E-state index in [1.54, 1.807) is 24.3 Å². The van der Waals surface area contributed by atoms with Crippen LogP contribution in [0.5, 0.6) is 0 Å². The average molecular weight is 303 g/mol. The largest absolute Gasteiger partial charge is 0.349 e. The SMILES string of the molecule is O=C(NCc1ccc(F)cc1)c1cc2cccc(Cl)c2[nH]1. The first-order chi connectivity index (χ1) is 10.1. The first-order valence-corrected chi connectivity index (χ1v) is 6.81. The summed E-state index contributed by atoms with van der Waals surface area (Å²) in [5.74, 6) is -0.526. The minimum absolute atomic E-state index is 0.230. The zero-order valence-electron chi connectivity index (χ0n) is 11.0. The number of aromatic amines is 1. The molecule has 0 unspecified atom stereocenters. The molecule has 0 spiro atoms. The second kappa shape index (κ2) is 5.58. The lowest BCUT2D eigenvalue weighted by Crippen LogP contribution is -2.23. The number of hydrogen-bond acceptors (Lipinski definition) is 1. The second-order valence-corrected chi connectivity index (χ2v) is 5.10. The van der Waals surface area contributed by atoms with E-state index >= 15 is 0 Å². The molecule has 3 aromatic rings. The van der Waals surface area contributed by atoms with Crippen molar-refractivity contribution in [3.8, 4) is 0 Å². The lowest BCUT2D eigenvalue weighted by Gasteiger charge is -2.03. The van der Waals surface area contributed by atoms with E-state index in [0.717, 1.165) is 16.5 Å². The molecule has 1 heterocycles. The Morgan fingerprint density at radius 2 is 1.95 bits per heavy atom. The van der Waals surface area contributed by atoms with Crippen molar-refractivity contribution >= 4 is 28.4 Å². The summed E-state index contributed by atoms with van der Waals surface area (Å²) in [7, 11) is 0. The third-order valence-electron chi connectivity index (χ3n) is 3.22. The number of H-pyrrole nitrogens is 1. The number of aromatic nitrogens is 1. The van der Waals surface area contributed by atoms with E-state index in [-0.39, 0.29) is 11.7 Å². The van der Waals surface area contributed by atoms with Crippen LogP contribution in [0.4, 0.5) is 4.39 Å². The molecule has 1 aromatic heterocycles. The van der Waals surface area contributed by atoms with Gasteiger partial charge in [-0.15, -0.1) is 0 Å². The molecular weight excluding hydrogens is 291 g/mol. The Morgan fingerprint density at radius 3 is 2.67 bits per heavy atom. The maximum Gasteiger partial charge on any atom is 0.267 e. The van der Waals surface area contributed by atoms with Crippen molar-refractivity contribution in [1.82, 2.24) is 10.3 Å². The Hall–Kier alpha value is -2.33. The number of rotatable bonds is 3. The molecule has 2 N–H and O–H groups in total. The van der Waals surface area contributed by atoms with Gasteiger partial charge in [0.1, 0.15) is 11.5 Å². The summed E-state index contributed by atoms with van der Waals surface area (Å²) in [6, 6.07) is 13.2. The maximum atomic E-state index is 12.8. The van der Waals surface area contributed by atoms with E-state index < -0.39 is 0 Å². The van der Waals surface area contributed by atoms with Gasteiger partial charge in [-0.25, -0.2) is 4.39 Å². The highest BCUT2D eigenvalue weighted by atomic mass is 35.5. The Kier molecular flexibility index (Phi) is 3.62. The summed E-state index contributed by atoms with van der Waals surface area (Å²) in [6.45, 7) is 0.336. The van der Waals surface area contributed by atoms with Crippen LogP contribution in [0.1, 0.15) is 16.1 Å². The minimum atomic E-state index is -0.296. The number of hydrogen-bond donors (Lipinski definition) is 2. The van der Waals surface area contributed by atoms with Crippen LogP contribution in [-0.4, -0.2) is 10.9 Å². The molecule has 0 aliphatic carbocycles. The molecule has 0 saturated heterocycles. The molecule has 106 valence electrons. The number of carbonyl (C=O) groups excluding carboxylic acids is 1. The molecule has 0 bridgehead atoms. The van der Waals surface area contributed by atoms with Crippen LogP contribution >= 0.6 is 11.6 Å². The average Bonchev–Trinajstić information content (AvgIpc) is 2.92. The van der Waals surface area contributed by atoms with Gasteiger partial charge in [0.25, 0.3) is 5.91 Å². The molecule has 0 aliphatic rings. The summed E-state index contributed by atoms with van der Waals surface area (Å²) in [4.78, 5) is 15.1. The van der Waals surface area contributed by atoms with Gasteiger partial charge in [0, 0.05) is 11.9 Å². The predicted octanol–water partition coefficient (Wildman–Crippen LogP) is 3.89. The van der Waals surface area contributed by atoms with Crippen LogP contribution in [0.15, 0.2) is 48.5 Å². The molecule has 3 nitrogen and oxygen atoms in total. The fraction of sp³-hybridized carbons (Fsp3) is 0.0625. The number of halogens is 2. The number of fused-ring (bicyclic) bond motifs is 1. The van der Waals surface area contributed by atoms with Crippen molar-refractivity contribution in [1.29, 1.82) is 0 Å². The van der Waals surface area contributed by atoms with Crippen molar-refractivity contribution in [2.75, 3.05) is 0 Å². The van der Waals surface area contributed by atoms with Crippen LogP contribution in [-0.2, 0) is 6.54 Å². The zero-order valence-corrected chi connectivity index (χ0v) is 11.7. The molecule has 0 atom stereocenters. The lowest BCUT2D eigenvalue weighted by atomic mass is 10.2. The number of nitrogens with one attached hydrogen (secondary N) is 2. The van der Waals surface area contributed by atoms with Gasteiger partial charge in [0.15, 0.2) is 0 Å². The summed E-state index contributed by atoms with van der Waals surface area (Å²) >= 11 is 6.06. The van der Waals surface area contributed by atoms with E-state index in [1.807, 2.05) is 12.1 Å². The van der Waals surface area contributed by atoms with Gasteiger partial charge in [-0.1, -0.05) is 35.9 Å². The minimum Gasteiger partial charge on any atom is -0.349 e. The first kappa shape index (κ1) is 13.6. The van der Waals surface area contributed by atoms with Crippen LogP contribution in [0.25, 0.3) is 10.9 Å². The standard InChI is InChI=1S/C16H12ClFN2O/c17-13-3-1-2-11-8-14(20-15(11)13)16(21)19-9-10-4-6-12(18)7-5-10/h1-8,20H,9H2,(H,19,21).